The minimum atomic E-state index is -0.805. The summed E-state index contributed by atoms with van der Waals surface area (Å²) in [5.41, 5.74) is 0. The molecule has 0 aromatic heterocycles. The van der Waals surface area contributed by atoms with Crippen molar-refractivity contribution in [3.63, 3.8) is 0 Å². The highest BCUT2D eigenvalue weighted by atomic mass is 16.4. The molecular formula is C15H21NO3. The van der Waals surface area contributed by atoms with Crippen LogP contribution >= 0.6 is 0 Å². The Morgan fingerprint density at radius 2 is 1.68 bits per heavy atom. The van der Waals surface area contributed by atoms with Gasteiger partial charge in [0.05, 0.1) is 11.8 Å². The fourth-order valence-corrected chi connectivity index (χ4v) is 3.94. The first kappa shape index (κ1) is 12.7. The predicted molar refractivity (Wildman–Crippen MR) is 70.3 cm³/mol. The molecule has 1 N–H and O–H groups in total. The van der Waals surface area contributed by atoms with Gasteiger partial charge in [0.1, 0.15) is 0 Å². The summed E-state index contributed by atoms with van der Waals surface area (Å²) >= 11 is 0. The number of nitrogens with zero attached hydrogens (tertiary/aromatic N) is 1. The maximum Gasteiger partial charge on any atom is 0.307 e. The van der Waals surface area contributed by atoms with Gasteiger partial charge in [-0.15, -0.1) is 0 Å². The summed E-state index contributed by atoms with van der Waals surface area (Å²) in [7, 11) is 0. The molecule has 2 aliphatic carbocycles. The Morgan fingerprint density at radius 3 is 2.26 bits per heavy atom. The fourth-order valence-electron chi connectivity index (χ4n) is 3.94. The van der Waals surface area contributed by atoms with Crippen LogP contribution in [0, 0.1) is 29.6 Å². The summed E-state index contributed by atoms with van der Waals surface area (Å²) in [5.74, 6) is -0.642. The van der Waals surface area contributed by atoms with Crippen LogP contribution in [0.1, 0.15) is 26.2 Å². The van der Waals surface area contributed by atoms with Gasteiger partial charge in [0.15, 0.2) is 0 Å². The molecule has 1 aliphatic heterocycles. The number of aliphatic carboxylic acids is 1. The van der Waals surface area contributed by atoms with Gasteiger partial charge >= 0.3 is 5.97 Å². The molecule has 0 unspecified atom stereocenters. The Bertz CT molecular complexity index is 423. The first-order valence-electron chi connectivity index (χ1n) is 7.28. The standard InChI is InChI=1S/C15H21NO3/c1-9-4-6-16(7-5-9)14(17)12-10-2-3-11(8-10)13(12)15(18)19/h2-3,9-13H,4-8H2,1H3,(H,18,19)/t10-,11-,12-,13+/m1/s1. The lowest BCUT2D eigenvalue weighted by Crippen LogP contribution is -2.45. The zero-order valence-corrected chi connectivity index (χ0v) is 11.3. The molecular weight excluding hydrogens is 242 g/mol. The number of carbonyl (C=O) groups is 2. The van der Waals surface area contributed by atoms with Crippen LogP contribution in [0.25, 0.3) is 0 Å². The van der Waals surface area contributed by atoms with Crippen molar-refractivity contribution < 1.29 is 14.7 Å². The van der Waals surface area contributed by atoms with Crippen molar-refractivity contribution >= 4 is 11.9 Å². The van der Waals surface area contributed by atoms with Crippen LogP contribution < -0.4 is 0 Å². The lowest BCUT2D eigenvalue weighted by molar-refractivity contribution is -0.151. The smallest absolute Gasteiger partial charge is 0.307 e. The first-order valence-corrected chi connectivity index (χ1v) is 7.28. The van der Waals surface area contributed by atoms with Gasteiger partial charge in [-0.1, -0.05) is 19.1 Å². The first-order chi connectivity index (χ1) is 9.08. The van der Waals surface area contributed by atoms with E-state index < -0.39 is 11.9 Å². The molecule has 2 fully saturated rings. The summed E-state index contributed by atoms with van der Waals surface area (Å²) in [4.78, 5) is 26.0. The molecule has 3 rings (SSSR count). The molecule has 0 aromatic carbocycles. The molecule has 0 radical (unpaired) electrons. The Labute approximate surface area is 113 Å². The predicted octanol–water partition coefficient (Wildman–Crippen LogP) is 1.77. The molecule has 0 spiro atoms. The number of carboxylic acids is 1. The van der Waals surface area contributed by atoms with Gasteiger partial charge in [-0.05, 0) is 37.0 Å². The van der Waals surface area contributed by atoms with Crippen LogP contribution in [0.5, 0.6) is 0 Å². The number of hydrogen-bond acceptors (Lipinski definition) is 2. The molecule has 1 saturated carbocycles. The van der Waals surface area contributed by atoms with Crippen molar-refractivity contribution in [2.75, 3.05) is 13.1 Å². The van der Waals surface area contributed by atoms with Crippen LogP contribution in [0.15, 0.2) is 12.2 Å². The van der Waals surface area contributed by atoms with E-state index in [0.717, 1.165) is 32.4 Å². The highest BCUT2D eigenvalue weighted by Crippen LogP contribution is 2.49. The summed E-state index contributed by atoms with van der Waals surface area (Å²) in [6.45, 7) is 3.80. The van der Waals surface area contributed by atoms with Crippen LogP contribution in [-0.4, -0.2) is 35.0 Å². The number of piperidine rings is 1. The second kappa shape index (κ2) is 4.66. The molecule has 104 valence electrons. The van der Waals surface area contributed by atoms with Gasteiger partial charge in [-0.3, -0.25) is 9.59 Å². The number of allylic oxidation sites excluding steroid dienone is 2. The number of likely N-dealkylation sites (tertiary alicyclic amines) is 1. The molecule has 4 heteroatoms. The van der Waals surface area contributed by atoms with Crippen LogP contribution in [-0.2, 0) is 9.59 Å². The normalized spacial score (nSPS) is 37.8. The van der Waals surface area contributed by atoms with Crippen LogP contribution in [0.4, 0.5) is 0 Å². The minimum absolute atomic E-state index is 0.0696. The van der Waals surface area contributed by atoms with Gasteiger partial charge in [-0.2, -0.15) is 0 Å². The number of hydrogen-bond donors (Lipinski definition) is 1. The van der Waals surface area contributed by atoms with Gasteiger partial charge in [-0.25, -0.2) is 0 Å². The maximum atomic E-state index is 12.6. The topological polar surface area (TPSA) is 57.6 Å². The third-order valence-corrected chi connectivity index (χ3v) is 5.12. The minimum Gasteiger partial charge on any atom is -0.481 e. The molecule has 19 heavy (non-hydrogen) atoms. The average Bonchev–Trinajstić information content (AvgIpc) is 2.98. The monoisotopic (exact) mass is 263 g/mol. The maximum absolute atomic E-state index is 12.6. The van der Waals surface area contributed by atoms with Crippen molar-refractivity contribution in [3.8, 4) is 0 Å². The van der Waals surface area contributed by atoms with Crippen molar-refractivity contribution in [2.24, 2.45) is 29.6 Å². The summed E-state index contributed by atoms with van der Waals surface area (Å²) in [6, 6.07) is 0. The Morgan fingerprint density at radius 1 is 1.11 bits per heavy atom. The van der Waals surface area contributed by atoms with Gasteiger partial charge < -0.3 is 10.0 Å². The van der Waals surface area contributed by atoms with E-state index in [4.69, 9.17) is 0 Å². The molecule has 4 nitrogen and oxygen atoms in total. The third kappa shape index (κ3) is 2.07. The highest BCUT2D eigenvalue weighted by molar-refractivity contribution is 5.87. The Hall–Kier alpha value is -1.32. The fraction of sp³-hybridized carbons (Fsp3) is 0.733. The van der Waals surface area contributed by atoms with Gasteiger partial charge in [0.25, 0.3) is 0 Å². The van der Waals surface area contributed by atoms with Crippen molar-refractivity contribution in [2.45, 2.75) is 26.2 Å². The van der Waals surface area contributed by atoms with Crippen molar-refractivity contribution in [1.29, 1.82) is 0 Å². The molecule has 1 heterocycles. The molecule has 1 saturated heterocycles. The highest BCUT2D eigenvalue weighted by Gasteiger charge is 2.52. The number of rotatable bonds is 2. The molecule has 1 amide bonds. The summed E-state index contributed by atoms with van der Waals surface area (Å²) in [6.07, 6.45) is 6.97. The molecule has 0 aromatic rings. The van der Waals surface area contributed by atoms with E-state index in [0.29, 0.717) is 5.92 Å². The Balaban J connectivity index is 1.75. The SMILES string of the molecule is CC1CCN(C(=O)[C@H]2[C@@H](C(=O)O)[C@@H]3C=C[C@@H]2C3)CC1. The van der Waals surface area contributed by atoms with E-state index in [9.17, 15) is 14.7 Å². The van der Waals surface area contributed by atoms with E-state index in [1.165, 1.54) is 0 Å². The van der Waals surface area contributed by atoms with E-state index in [1.54, 1.807) is 0 Å². The second-order valence-electron chi connectivity index (χ2n) is 6.35. The number of fused-ring (bicyclic) bond motifs is 2. The second-order valence-corrected chi connectivity index (χ2v) is 6.35. The van der Waals surface area contributed by atoms with E-state index in [1.807, 2.05) is 11.0 Å². The van der Waals surface area contributed by atoms with Crippen molar-refractivity contribution in [3.05, 3.63) is 12.2 Å². The molecule has 2 bridgehead atoms. The lowest BCUT2D eigenvalue weighted by Gasteiger charge is -2.35. The lowest BCUT2D eigenvalue weighted by atomic mass is 9.81. The summed E-state index contributed by atoms with van der Waals surface area (Å²) < 4.78 is 0. The summed E-state index contributed by atoms with van der Waals surface area (Å²) in [5, 5.41) is 9.39. The average molecular weight is 263 g/mol. The number of carbonyl (C=O) groups excluding carboxylic acids is 1. The van der Waals surface area contributed by atoms with Gasteiger partial charge in [0, 0.05) is 13.1 Å². The Kier molecular flexibility index (Phi) is 3.11. The molecule has 3 aliphatic rings. The van der Waals surface area contributed by atoms with E-state index in [-0.39, 0.29) is 23.7 Å². The van der Waals surface area contributed by atoms with Crippen molar-refractivity contribution in [1.82, 2.24) is 4.90 Å². The quantitative estimate of drug-likeness (QED) is 0.772. The zero-order valence-electron chi connectivity index (χ0n) is 11.3. The number of amides is 1. The number of carboxylic acid groups (broad SMARTS) is 1. The van der Waals surface area contributed by atoms with Crippen LogP contribution in [0.2, 0.25) is 0 Å². The zero-order chi connectivity index (χ0) is 13.6. The van der Waals surface area contributed by atoms with Gasteiger partial charge in [0.2, 0.25) is 5.91 Å². The molecule has 4 atom stereocenters. The largest absolute Gasteiger partial charge is 0.481 e. The van der Waals surface area contributed by atoms with Crippen LogP contribution in [0.3, 0.4) is 0 Å². The van der Waals surface area contributed by atoms with E-state index in [2.05, 4.69) is 13.0 Å². The van der Waals surface area contributed by atoms with E-state index >= 15 is 0 Å². The third-order valence-electron chi connectivity index (χ3n) is 5.12.